The SMILES string of the molecule is Clc1ccc(Cl)c(-n2nc(-c3ccco3)c3c2NCC3)c1. The smallest absolute Gasteiger partial charge is 0.154 e. The van der Waals surface area contributed by atoms with Crippen LogP contribution in [0.4, 0.5) is 5.82 Å². The molecule has 1 aromatic carbocycles. The minimum Gasteiger partial charge on any atom is -0.463 e. The van der Waals surface area contributed by atoms with Crippen molar-refractivity contribution in [1.29, 1.82) is 0 Å². The number of nitrogens with one attached hydrogen (secondary N) is 1. The molecule has 0 saturated carbocycles. The van der Waals surface area contributed by atoms with Gasteiger partial charge < -0.3 is 9.73 Å². The molecule has 4 nitrogen and oxygen atoms in total. The van der Waals surface area contributed by atoms with Crippen LogP contribution in [0.25, 0.3) is 17.1 Å². The number of furan rings is 1. The van der Waals surface area contributed by atoms with Gasteiger partial charge in [-0.2, -0.15) is 5.10 Å². The van der Waals surface area contributed by atoms with Gasteiger partial charge in [0.1, 0.15) is 11.5 Å². The first-order valence-electron chi connectivity index (χ1n) is 6.59. The van der Waals surface area contributed by atoms with Crippen molar-refractivity contribution in [2.24, 2.45) is 0 Å². The summed E-state index contributed by atoms with van der Waals surface area (Å²) in [4.78, 5) is 0. The van der Waals surface area contributed by atoms with E-state index in [0.717, 1.165) is 41.5 Å². The highest BCUT2D eigenvalue weighted by molar-refractivity contribution is 6.34. The third kappa shape index (κ3) is 2.03. The summed E-state index contributed by atoms with van der Waals surface area (Å²) in [5, 5.41) is 9.24. The van der Waals surface area contributed by atoms with Crippen LogP contribution < -0.4 is 5.32 Å². The van der Waals surface area contributed by atoms with Crippen molar-refractivity contribution >= 4 is 29.0 Å². The fourth-order valence-electron chi connectivity index (χ4n) is 2.61. The predicted octanol–water partition coefficient (Wildman–Crippen LogP) is 4.41. The van der Waals surface area contributed by atoms with Gasteiger partial charge in [-0.15, -0.1) is 0 Å². The van der Waals surface area contributed by atoms with E-state index in [2.05, 4.69) is 10.4 Å². The Bertz CT molecular complexity index is 809. The van der Waals surface area contributed by atoms with E-state index in [4.69, 9.17) is 27.6 Å². The lowest BCUT2D eigenvalue weighted by Crippen LogP contribution is -2.04. The Morgan fingerprint density at radius 1 is 1.24 bits per heavy atom. The maximum Gasteiger partial charge on any atom is 0.154 e. The molecule has 2 aromatic heterocycles. The first-order valence-corrected chi connectivity index (χ1v) is 7.35. The third-order valence-electron chi connectivity index (χ3n) is 3.54. The average Bonchev–Trinajstić information content (AvgIpc) is 3.16. The molecule has 4 rings (SSSR count). The molecule has 0 fully saturated rings. The number of fused-ring (bicyclic) bond motifs is 1. The van der Waals surface area contributed by atoms with Crippen LogP contribution in [-0.2, 0) is 6.42 Å². The molecule has 1 aliphatic rings. The number of hydrogen-bond acceptors (Lipinski definition) is 3. The molecule has 6 heteroatoms. The first kappa shape index (κ1) is 12.8. The lowest BCUT2D eigenvalue weighted by molar-refractivity contribution is 0.578. The molecule has 3 aromatic rings. The van der Waals surface area contributed by atoms with E-state index >= 15 is 0 Å². The standard InChI is InChI=1S/C15H11Cl2N3O/c16-9-3-4-11(17)12(8-9)20-15-10(5-6-18-15)14(19-20)13-2-1-7-21-13/h1-4,7-8,18H,5-6H2. The van der Waals surface area contributed by atoms with Gasteiger partial charge in [-0.1, -0.05) is 23.2 Å². The molecule has 1 N–H and O–H groups in total. The minimum atomic E-state index is 0.601. The van der Waals surface area contributed by atoms with Crippen molar-refractivity contribution < 1.29 is 4.42 Å². The van der Waals surface area contributed by atoms with Crippen LogP contribution in [0.5, 0.6) is 0 Å². The second kappa shape index (κ2) is 4.83. The van der Waals surface area contributed by atoms with E-state index in [0.29, 0.717) is 10.0 Å². The van der Waals surface area contributed by atoms with Crippen LogP contribution in [0.2, 0.25) is 10.0 Å². The monoisotopic (exact) mass is 319 g/mol. The van der Waals surface area contributed by atoms with E-state index in [-0.39, 0.29) is 0 Å². The summed E-state index contributed by atoms with van der Waals surface area (Å²) >= 11 is 12.4. The third-order valence-corrected chi connectivity index (χ3v) is 4.10. The number of benzene rings is 1. The zero-order valence-electron chi connectivity index (χ0n) is 10.9. The van der Waals surface area contributed by atoms with Crippen molar-refractivity contribution in [1.82, 2.24) is 9.78 Å². The number of rotatable bonds is 2. The molecule has 0 bridgehead atoms. The summed E-state index contributed by atoms with van der Waals surface area (Å²) in [7, 11) is 0. The van der Waals surface area contributed by atoms with Crippen LogP contribution in [-0.4, -0.2) is 16.3 Å². The molecule has 0 spiro atoms. The molecule has 0 unspecified atom stereocenters. The molecule has 3 heterocycles. The summed E-state index contributed by atoms with van der Waals surface area (Å²) < 4.78 is 7.29. The maximum atomic E-state index is 6.30. The Balaban J connectivity index is 1.95. The van der Waals surface area contributed by atoms with Crippen molar-refractivity contribution in [3.63, 3.8) is 0 Å². The molecule has 1 aliphatic heterocycles. The molecule has 106 valence electrons. The summed E-state index contributed by atoms with van der Waals surface area (Å²) in [5.74, 6) is 1.71. The highest BCUT2D eigenvalue weighted by atomic mass is 35.5. The highest BCUT2D eigenvalue weighted by Crippen LogP contribution is 2.36. The number of anilines is 1. The largest absolute Gasteiger partial charge is 0.463 e. The van der Waals surface area contributed by atoms with Crippen LogP contribution in [0.1, 0.15) is 5.56 Å². The second-order valence-electron chi connectivity index (χ2n) is 4.84. The summed E-state index contributed by atoms with van der Waals surface area (Å²) in [6, 6.07) is 9.11. The minimum absolute atomic E-state index is 0.601. The van der Waals surface area contributed by atoms with Gasteiger partial charge >= 0.3 is 0 Å². The van der Waals surface area contributed by atoms with E-state index in [9.17, 15) is 0 Å². The van der Waals surface area contributed by atoms with Crippen LogP contribution in [0.3, 0.4) is 0 Å². The second-order valence-corrected chi connectivity index (χ2v) is 5.68. The molecule has 21 heavy (non-hydrogen) atoms. The van der Waals surface area contributed by atoms with Crippen LogP contribution >= 0.6 is 23.2 Å². The van der Waals surface area contributed by atoms with Crippen molar-refractivity contribution in [3.05, 3.63) is 52.2 Å². The zero-order chi connectivity index (χ0) is 14.4. The van der Waals surface area contributed by atoms with E-state index in [1.165, 1.54) is 0 Å². The topological polar surface area (TPSA) is 43.0 Å². The number of hydrogen-bond donors (Lipinski definition) is 1. The van der Waals surface area contributed by atoms with Gasteiger partial charge in [-0.25, -0.2) is 4.68 Å². The van der Waals surface area contributed by atoms with Crippen molar-refractivity contribution in [2.45, 2.75) is 6.42 Å². The Labute approximate surface area is 131 Å². The first-order chi connectivity index (χ1) is 10.2. The zero-order valence-corrected chi connectivity index (χ0v) is 12.4. The van der Waals surface area contributed by atoms with E-state index in [1.807, 2.05) is 18.2 Å². The Kier molecular flexibility index (Phi) is 2.94. The lowest BCUT2D eigenvalue weighted by atomic mass is 10.2. The summed E-state index contributed by atoms with van der Waals surface area (Å²) in [6.07, 6.45) is 2.55. The molecule has 0 atom stereocenters. The fraction of sp³-hybridized carbons (Fsp3) is 0.133. The number of halogens is 2. The Morgan fingerprint density at radius 2 is 2.14 bits per heavy atom. The Hall–Kier alpha value is -1.91. The average molecular weight is 320 g/mol. The van der Waals surface area contributed by atoms with Crippen LogP contribution in [0, 0.1) is 0 Å². The maximum absolute atomic E-state index is 6.30. The van der Waals surface area contributed by atoms with Gasteiger partial charge in [0.15, 0.2) is 5.76 Å². The molecular weight excluding hydrogens is 309 g/mol. The van der Waals surface area contributed by atoms with Gasteiger partial charge in [0.2, 0.25) is 0 Å². The van der Waals surface area contributed by atoms with Gasteiger partial charge in [0, 0.05) is 17.1 Å². The molecular formula is C15H11Cl2N3O. The van der Waals surface area contributed by atoms with Gasteiger partial charge in [-0.3, -0.25) is 0 Å². The van der Waals surface area contributed by atoms with E-state index in [1.54, 1.807) is 23.1 Å². The van der Waals surface area contributed by atoms with Gasteiger partial charge in [0.25, 0.3) is 0 Å². The molecule has 0 aliphatic carbocycles. The molecule has 0 saturated heterocycles. The number of aromatic nitrogens is 2. The Morgan fingerprint density at radius 3 is 2.95 bits per heavy atom. The van der Waals surface area contributed by atoms with Gasteiger partial charge in [0.05, 0.1) is 17.0 Å². The molecule has 0 amide bonds. The normalized spacial score (nSPS) is 13.2. The quantitative estimate of drug-likeness (QED) is 0.761. The fourth-order valence-corrected chi connectivity index (χ4v) is 2.97. The summed E-state index contributed by atoms with van der Waals surface area (Å²) in [6.45, 7) is 0.874. The van der Waals surface area contributed by atoms with Crippen LogP contribution in [0.15, 0.2) is 41.0 Å². The number of nitrogens with zero attached hydrogens (tertiary/aromatic N) is 2. The lowest BCUT2D eigenvalue weighted by Gasteiger charge is -2.08. The van der Waals surface area contributed by atoms with E-state index < -0.39 is 0 Å². The van der Waals surface area contributed by atoms with Crippen molar-refractivity contribution in [2.75, 3.05) is 11.9 Å². The van der Waals surface area contributed by atoms with Gasteiger partial charge in [-0.05, 0) is 36.8 Å². The highest BCUT2D eigenvalue weighted by Gasteiger charge is 2.25. The molecule has 0 radical (unpaired) electrons. The summed E-state index contributed by atoms with van der Waals surface area (Å²) in [5.41, 5.74) is 2.74. The predicted molar refractivity (Wildman–Crippen MR) is 83.5 cm³/mol. The van der Waals surface area contributed by atoms with Crippen molar-refractivity contribution in [3.8, 4) is 17.1 Å².